The van der Waals surface area contributed by atoms with E-state index in [0.29, 0.717) is 24.3 Å². The molecule has 1 saturated carbocycles. The quantitative estimate of drug-likeness (QED) is 0.818. The number of hydrogen-bond donors (Lipinski definition) is 1. The number of nitrogens with two attached hydrogens (primary N) is 1. The zero-order valence-corrected chi connectivity index (χ0v) is 9.48. The van der Waals surface area contributed by atoms with Crippen molar-refractivity contribution in [3.8, 4) is 0 Å². The van der Waals surface area contributed by atoms with Crippen LogP contribution >= 0.6 is 0 Å². The first-order valence-electron chi connectivity index (χ1n) is 5.74. The van der Waals surface area contributed by atoms with E-state index in [2.05, 4.69) is 29.9 Å². The highest BCUT2D eigenvalue weighted by molar-refractivity contribution is 5.20. The van der Waals surface area contributed by atoms with E-state index >= 15 is 0 Å². The normalized spacial score (nSPS) is 18.1. The molecule has 1 heterocycles. The Kier molecular flexibility index (Phi) is 3.00. The van der Waals surface area contributed by atoms with Crippen LogP contribution in [0.3, 0.4) is 0 Å². The molecule has 15 heavy (non-hydrogen) atoms. The van der Waals surface area contributed by atoms with Gasteiger partial charge in [0.15, 0.2) is 0 Å². The summed E-state index contributed by atoms with van der Waals surface area (Å²) in [6.07, 6.45) is 4.25. The third-order valence-corrected chi connectivity index (χ3v) is 3.14. The third-order valence-electron chi connectivity index (χ3n) is 3.14. The van der Waals surface area contributed by atoms with Crippen LogP contribution in [-0.2, 0) is 0 Å². The summed E-state index contributed by atoms with van der Waals surface area (Å²) in [6.45, 7) is 5.05. The van der Waals surface area contributed by atoms with Crippen LogP contribution in [0.2, 0.25) is 0 Å². The molecule has 82 valence electrons. The average Bonchev–Trinajstić information content (AvgIpc) is 3.02. The summed E-state index contributed by atoms with van der Waals surface area (Å²) in [4.78, 5) is 8.68. The maximum atomic E-state index is 5.79. The van der Waals surface area contributed by atoms with Gasteiger partial charge in [0.25, 0.3) is 0 Å². The second-order valence-electron chi connectivity index (χ2n) is 4.73. The van der Waals surface area contributed by atoms with Crippen LogP contribution in [0.25, 0.3) is 0 Å². The van der Waals surface area contributed by atoms with Crippen molar-refractivity contribution in [2.45, 2.75) is 38.5 Å². The Balaban J connectivity index is 2.22. The van der Waals surface area contributed by atoms with E-state index in [1.54, 1.807) is 6.33 Å². The highest BCUT2D eigenvalue weighted by Crippen LogP contribution is 2.39. The van der Waals surface area contributed by atoms with Gasteiger partial charge < -0.3 is 5.73 Å². The molecule has 0 radical (unpaired) electrons. The molecule has 1 atom stereocenters. The molecule has 3 nitrogen and oxygen atoms in total. The molecule has 2 rings (SSSR count). The molecule has 1 aliphatic carbocycles. The lowest BCUT2D eigenvalue weighted by Gasteiger charge is -2.18. The van der Waals surface area contributed by atoms with E-state index in [1.165, 1.54) is 18.5 Å². The van der Waals surface area contributed by atoms with Gasteiger partial charge in [0.2, 0.25) is 0 Å². The molecule has 3 heteroatoms. The van der Waals surface area contributed by atoms with Gasteiger partial charge in [-0.2, -0.15) is 0 Å². The average molecular weight is 205 g/mol. The molecule has 0 bridgehead atoms. The van der Waals surface area contributed by atoms with Crippen LogP contribution in [0.15, 0.2) is 12.4 Å². The molecular weight excluding hydrogens is 186 g/mol. The summed E-state index contributed by atoms with van der Waals surface area (Å²) in [5, 5.41) is 0. The molecule has 1 aliphatic rings. The molecule has 1 unspecified atom stereocenters. The number of rotatable bonds is 4. The van der Waals surface area contributed by atoms with E-state index in [4.69, 9.17) is 5.73 Å². The molecule has 0 spiro atoms. The molecular formula is C12H19N3. The Morgan fingerprint density at radius 2 is 2.13 bits per heavy atom. The van der Waals surface area contributed by atoms with E-state index in [-0.39, 0.29) is 0 Å². The standard InChI is InChI=1S/C12H19N3/c1-8(2)10(6-13)12-5-11(9-3-4-9)14-7-15-12/h5,7-10H,3-4,6,13H2,1-2H3. The fourth-order valence-corrected chi connectivity index (χ4v) is 1.93. The predicted octanol–water partition coefficient (Wildman–Crippen LogP) is 2.05. The second kappa shape index (κ2) is 4.27. The van der Waals surface area contributed by atoms with Crippen molar-refractivity contribution in [1.29, 1.82) is 0 Å². The number of aromatic nitrogens is 2. The fourth-order valence-electron chi connectivity index (χ4n) is 1.93. The van der Waals surface area contributed by atoms with Crippen molar-refractivity contribution in [2.24, 2.45) is 11.7 Å². The Hall–Kier alpha value is -0.960. The first-order chi connectivity index (χ1) is 7.22. The smallest absolute Gasteiger partial charge is 0.115 e. The minimum absolute atomic E-state index is 0.366. The first kappa shape index (κ1) is 10.6. The summed E-state index contributed by atoms with van der Waals surface area (Å²) in [7, 11) is 0. The molecule has 0 saturated heterocycles. The van der Waals surface area contributed by atoms with Crippen molar-refractivity contribution >= 4 is 0 Å². The number of hydrogen-bond acceptors (Lipinski definition) is 3. The van der Waals surface area contributed by atoms with E-state index in [0.717, 1.165) is 5.69 Å². The van der Waals surface area contributed by atoms with Crippen molar-refractivity contribution in [3.05, 3.63) is 23.8 Å². The van der Waals surface area contributed by atoms with Crippen LogP contribution in [0, 0.1) is 5.92 Å². The minimum Gasteiger partial charge on any atom is -0.330 e. The van der Waals surface area contributed by atoms with Gasteiger partial charge in [-0.05, 0) is 24.8 Å². The van der Waals surface area contributed by atoms with Crippen molar-refractivity contribution < 1.29 is 0 Å². The van der Waals surface area contributed by atoms with E-state index < -0.39 is 0 Å². The lowest BCUT2D eigenvalue weighted by Crippen LogP contribution is -2.19. The highest BCUT2D eigenvalue weighted by atomic mass is 14.9. The SMILES string of the molecule is CC(C)C(CN)c1cc(C2CC2)ncn1. The molecule has 2 N–H and O–H groups in total. The van der Waals surface area contributed by atoms with Gasteiger partial charge in [0, 0.05) is 29.8 Å². The van der Waals surface area contributed by atoms with Crippen molar-refractivity contribution in [1.82, 2.24) is 9.97 Å². The van der Waals surface area contributed by atoms with Gasteiger partial charge in [-0.3, -0.25) is 0 Å². The molecule has 1 aromatic rings. The van der Waals surface area contributed by atoms with Crippen LogP contribution in [0.5, 0.6) is 0 Å². The molecule has 1 aromatic heterocycles. The lowest BCUT2D eigenvalue weighted by molar-refractivity contribution is 0.494. The Labute approximate surface area is 91.1 Å². The second-order valence-corrected chi connectivity index (χ2v) is 4.73. The van der Waals surface area contributed by atoms with Gasteiger partial charge in [-0.1, -0.05) is 13.8 Å². The summed E-state index contributed by atoms with van der Waals surface area (Å²) < 4.78 is 0. The monoisotopic (exact) mass is 205 g/mol. The maximum Gasteiger partial charge on any atom is 0.115 e. The van der Waals surface area contributed by atoms with Gasteiger partial charge in [-0.15, -0.1) is 0 Å². The summed E-state index contributed by atoms with van der Waals surface area (Å²) in [5.74, 6) is 1.60. The largest absolute Gasteiger partial charge is 0.330 e. The van der Waals surface area contributed by atoms with Gasteiger partial charge in [0.05, 0.1) is 0 Å². The van der Waals surface area contributed by atoms with Crippen LogP contribution in [-0.4, -0.2) is 16.5 Å². The van der Waals surface area contributed by atoms with Gasteiger partial charge >= 0.3 is 0 Å². The maximum absolute atomic E-state index is 5.79. The topological polar surface area (TPSA) is 51.8 Å². The van der Waals surface area contributed by atoms with Crippen LogP contribution in [0.4, 0.5) is 0 Å². The Bertz CT molecular complexity index is 331. The van der Waals surface area contributed by atoms with Gasteiger partial charge in [-0.25, -0.2) is 9.97 Å². The molecule has 1 fully saturated rings. The van der Waals surface area contributed by atoms with Crippen LogP contribution in [0.1, 0.15) is 49.9 Å². The Morgan fingerprint density at radius 1 is 1.40 bits per heavy atom. The lowest BCUT2D eigenvalue weighted by atomic mass is 9.92. The number of nitrogens with zero attached hydrogens (tertiary/aromatic N) is 2. The van der Waals surface area contributed by atoms with E-state index in [9.17, 15) is 0 Å². The molecule has 0 amide bonds. The van der Waals surface area contributed by atoms with Crippen molar-refractivity contribution in [2.75, 3.05) is 6.54 Å². The Morgan fingerprint density at radius 3 is 2.67 bits per heavy atom. The summed E-state index contributed by atoms with van der Waals surface area (Å²) in [6, 6.07) is 2.15. The molecule has 0 aliphatic heterocycles. The van der Waals surface area contributed by atoms with Gasteiger partial charge in [0.1, 0.15) is 6.33 Å². The van der Waals surface area contributed by atoms with Crippen LogP contribution < -0.4 is 5.73 Å². The molecule has 0 aromatic carbocycles. The predicted molar refractivity (Wildman–Crippen MR) is 60.6 cm³/mol. The minimum atomic E-state index is 0.366. The van der Waals surface area contributed by atoms with E-state index in [1.807, 2.05) is 0 Å². The zero-order chi connectivity index (χ0) is 10.8. The zero-order valence-electron chi connectivity index (χ0n) is 9.48. The first-order valence-corrected chi connectivity index (χ1v) is 5.74. The summed E-state index contributed by atoms with van der Waals surface area (Å²) >= 11 is 0. The third kappa shape index (κ3) is 2.34. The summed E-state index contributed by atoms with van der Waals surface area (Å²) in [5.41, 5.74) is 8.11. The highest BCUT2D eigenvalue weighted by Gasteiger charge is 2.26. The van der Waals surface area contributed by atoms with Crippen molar-refractivity contribution in [3.63, 3.8) is 0 Å². The fraction of sp³-hybridized carbons (Fsp3) is 0.667.